The number of para-hydroxylation sites is 1. The topological polar surface area (TPSA) is 79.5 Å². The van der Waals surface area contributed by atoms with E-state index in [1.807, 2.05) is 66.7 Å². The summed E-state index contributed by atoms with van der Waals surface area (Å²) in [7, 11) is 0. The van der Waals surface area contributed by atoms with Gasteiger partial charge in [-0.15, -0.1) is 0 Å². The molecule has 2 atom stereocenters. The molecule has 2 fully saturated rings. The summed E-state index contributed by atoms with van der Waals surface area (Å²) in [6.07, 6.45) is 7.69. The summed E-state index contributed by atoms with van der Waals surface area (Å²) in [5.41, 5.74) is 3.65. The number of benzene rings is 3. The largest absolute Gasteiger partial charge is 0.456 e. The molecule has 292 valence electrons. The van der Waals surface area contributed by atoms with Crippen molar-refractivity contribution >= 4 is 60.0 Å². The summed E-state index contributed by atoms with van der Waals surface area (Å²) in [5, 5.41) is 5.01. The number of Topliss-reactive ketones (excluding diaryl/α,β-unsaturated/α-hetero) is 2. The third-order valence-corrected chi connectivity index (χ3v) is 11.5. The number of rotatable bonds is 9. The lowest BCUT2D eigenvalue weighted by Gasteiger charge is -2.38. The lowest BCUT2D eigenvalue weighted by atomic mass is 9.88. The van der Waals surface area contributed by atoms with Crippen molar-refractivity contribution < 1.29 is 31.6 Å². The number of piperidine rings is 2. The molecule has 2 saturated heterocycles. The minimum atomic E-state index is -2.86. The number of aromatic nitrogens is 2. The maximum absolute atomic E-state index is 14.6. The number of hydrogen-bond acceptors (Lipinski definition) is 7. The van der Waals surface area contributed by atoms with Gasteiger partial charge < -0.3 is 14.0 Å². The van der Waals surface area contributed by atoms with Gasteiger partial charge in [0.1, 0.15) is 22.9 Å². The number of carbonyl (C=O) groups excluding carboxylic acids is 2. The van der Waals surface area contributed by atoms with Crippen LogP contribution < -0.4 is 0 Å². The first-order valence-electron chi connectivity index (χ1n) is 18.8. The Hall–Kier alpha value is -4.52. The highest BCUT2D eigenvalue weighted by Gasteiger charge is 2.45. The molecular weight excluding hydrogens is 788 g/mol. The standard InChI is InChI=1S/C26H24F2N2O2.C18H19BrF2N2O/c1-17(31)10-21-8-9-30(16-26(21,27)28)15-18-6-7-20-13-29-14-23(22(20)11-18)25-12-19-4-2-3-5-24(19)32-25;1-12(24)6-15-4-5-23(11-18(15,20)21)10-13-2-3-14-8-22-9-17(19)16(14)7-13/h2-7,11-14,21H,8-10,15-16H2,1H3;2-3,7-9,15H,4-6,10-11H2,1H3. The van der Waals surface area contributed by atoms with Gasteiger partial charge in [0.2, 0.25) is 0 Å². The van der Waals surface area contributed by atoms with Gasteiger partial charge in [-0.2, -0.15) is 0 Å². The number of nitrogens with zero attached hydrogens (tertiary/aromatic N) is 4. The fourth-order valence-electron chi connectivity index (χ4n) is 7.99. The zero-order valence-corrected chi connectivity index (χ0v) is 32.9. The molecule has 0 saturated carbocycles. The van der Waals surface area contributed by atoms with Crippen LogP contribution in [0.5, 0.6) is 0 Å². The van der Waals surface area contributed by atoms with Crippen molar-refractivity contribution in [2.45, 2.75) is 64.5 Å². The number of halogens is 5. The Morgan fingerprint density at radius 2 is 1.25 bits per heavy atom. The molecular formula is C44H43BrF4N4O3. The number of fused-ring (bicyclic) bond motifs is 3. The lowest BCUT2D eigenvalue weighted by molar-refractivity contribution is -0.134. The van der Waals surface area contributed by atoms with E-state index in [-0.39, 0.29) is 37.5 Å². The smallest absolute Gasteiger partial charge is 0.263 e. The first-order valence-corrected chi connectivity index (χ1v) is 19.6. The van der Waals surface area contributed by atoms with Crippen molar-refractivity contribution in [3.63, 3.8) is 0 Å². The fourth-order valence-corrected chi connectivity index (χ4v) is 8.45. The molecule has 2 aliphatic rings. The Labute approximate surface area is 331 Å². The monoisotopic (exact) mass is 830 g/mol. The molecule has 0 spiro atoms. The normalized spacial score (nSPS) is 19.8. The van der Waals surface area contributed by atoms with Crippen LogP contribution in [0.15, 0.2) is 100 Å². The quantitative estimate of drug-likeness (QED) is 0.134. The van der Waals surface area contributed by atoms with Crippen molar-refractivity contribution in [2.75, 3.05) is 26.2 Å². The van der Waals surface area contributed by atoms with E-state index in [2.05, 4.69) is 25.9 Å². The summed E-state index contributed by atoms with van der Waals surface area (Å²) < 4.78 is 64.7. The summed E-state index contributed by atoms with van der Waals surface area (Å²) in [6.45, 7) is 4.20. The SMILES string of the molecule is CC(=O)CC1CCN(Cc2ccc3cncc(-c4cc5ccccc5o4)c3c2)CC1(F)F.CC(=O)CC1CCN(Cc2ccc3cncc(Br)c3c2)CC1(F)F. The molecule has 12 heteroatoms. The predicted molar refractivity (Wildman–Crippen MR) is 214 cm³/mol. The fraction of sp³-hybridized carbons (Fsp3) is 0.364. The number of pyridine rings is 2. The van der Waals surface area contributed by atoms with Gasteiger partial charge in [-0.3, -0.25) is 19.8 Å². The van der Waals surface area contributed by atoms with Crippen molar-refractivity contribution in [2.24, 2.45) is 11.8 Å². The molecule has 0 radical (unpaired) electrons. The molecule has 7 nitrogen and oxygen atoms in total. The first-order chi connectivity index (χ1) is 26.7. The van der Waals surface area contributed by atoms with Crippen LogP contribution in [0.1, 0.15) is 50.7 Å². The summed E-state index contributed by atoms with van der Waals surface area (Å²) in [6, 6.07) is 21.7. The maximum Gasteiger partial charge on any atom is 0.263 e. The van der Waals surface area contributed by atoms with E-state index in [4.69, 9.17) is 4.42 Å². The molecule has 3 aromatic heterocycles. The molecule has 8 rings (SSSR count). The second kappa shape index (κ2) is 16.5. The van der Waals surface area contributed by atoms with Gasteiger partial charge in [0.15, 0.2) is 0 Å². The molecule has 0 amide bonds. The van der Waals surface area contributed by atoms with Gasteiger partial charge in [-0.05, 0) is 102 Å². The molecule has 3 aromatic carbocycles. The first kappa shape index (κ1) is 39.7. The van der Waals surface area contributed by atoms with Crippen LogP contribution in [-0.2, 0) is 22.7 Å². The zero-order chi connectivity index (χ0) is 39.6. The Morgan fingerprint density at radius 1 is 0.714 bits per heavy atom. The number of likely N-dealkylation sites (tertiary alicyclic amines) is 2. The van der Waals surface area contributed by atoms with E-state index >= 15 is 0 Å². The molecule has 6 aromatic rings. The van der Waals surface area contributed by atoms with E-state index in [1.165, 1.54) is 13.8 Å². The molecule has 0 N–H and O–H groups in total. The Bertz CT molecular complexity index is 2350. The van der Waals surface area contributed by atoms with Crippen LogP contribution >= 0.6 is 15.9 Å². The minimum absolute atomic E-state index is 0.0310. The molecule has 56 heavy (non-hydrogen) atoms. The summed E-state index contributed by atoms with van der Waals surface area (Å²) >= 11 is 3.48. The van der Waals surface area contributed by atoms with Gasteiger partial charge in [-0.25, -0.2) is 17.6 Å². The number of alkyl halides is 4. The van der Waals surface area contributed by atoms with Crippen molar-refractivity contribution in [1.29, 1.82) is 0 Å². The second-order valence-electron chi connectivity index (χ2n) is 15.3. The maximum atomic E-state index is 14.6. The van der Waals surface area contributed by atoms with Crippen LogP contribution in [0.2, 0.25) is 0 Å². The van der Waals surface area contributed by atoms with Gasteiger partial charge in [-0.1, -0.05) is 42.5 Å². The highest BCUT2D eigenvalue weighted by atomic mass is 79.9. The highest BCUT2D eigenvalue weighted by Crippen LogP contribution is 2.38. The average Bonchev–Trinajstić information content (AvgIpc) is 3.58. The average molecular weight is 832 g/mol. The van der Waals surface area contributed by atoms with E-state index in [9.17, 15) is 27.2 Å². The van der Waals surface area contributed by atoms with Crippen LogP contribution in [-0.4, -0.2) is 69.4 Å². The van der Waals surface area contributed by atoms with Crippen LogP contribution in [0.3, 0.4) is 0 Å². The van der Waals surface area contributed by atoms with Crippen LogP contribution in [0, 0.1) is 11.8 Å². The zero-order valence-electron chi connectivity index (χ0n) is 31.3. The summed E-state index contributed by atoms with van der Waals surface area (Å²) in [4.78, 5) is 34.5. The number of carbonyl (C=O) groups is 2. The predicted octanol–water partition coefficient (Wildman–Crippen LogP) is 10.5. The number of ketones is 2. The van der Waals surface area contributed by atoms with Crippen LogP contribution in [0.4, 0.5) is 17.6 Å². The van der Waals surface area contributed by atoms with Gasteiger partial charge in [0.05, 0.1) is 13.1 Å². The lowest BCUT2D eigenvalue weighted by Crippen LogP contribution is -2.48. The summed E-state index contributed by atoms with van der Waals surface area (Å²) in [5.74, 6) is -6.97. The number of furan rings is 1. The minimum Gasteiger partial charge on any atom is -0.456 e. The Balaban J connectivity index is 0.000000179. The third kappa shape index (κ3) is 9.19. The highest BCUT2D eigenvalue weighted by molar-refractivity contribution is 9.10. The molecule has 0 bridgehead atoms. The second-order valence-corrected chi connectivity index (χ2v) is 16.1. The Kier molecular flexibility index (Phi) is 11.7. The Morgan fingerprint density at radius 3 is 1.80 bits per heavy atom. The van der Waals surface area contributed by atoms with Gasteiger partial charge >= 0.3 is 0 Å². The molecule has 2 aliphatic heterocycles. The molecule has 5 heterocycles. The van der Waals surface area contributed by atoms with Gasteiger partial charge in [0, 0.05) is 88.7 Å². The van der Waals surface area contributed by atoms with Crippen LogP contribution in [0.25, 0.3) is 43.8 Å². The van der Waals surface area contributed by atoms with E-state index < -0.39 is 23.7 Å². The number of hydrogen-bond donors (Lipinski definition) is 0. The van der Waals surface area contributed by atoms with Gasteiger partial charge in [0.25, 0.3) is 11.8 Å². The van der Waals surface area contributed by atoms with E-state index in [0.29, 0.717) is 39.0 Å². The van der Waals surface area contributed by atoms with Crippen molar-refractivity contribution in [1.82, 2.24) is 19.8 Å². The molecule has 2 unspecified atom stereocenters. The van der Waals surface area contributed by atoms with E-state index in [0.717, 1.165) is 59.4 Å². The van der Waals surface area contributed by atoms with Crippen molar-refractivity contribution in [3.8, 4) is 11.3 Å². The van der Waals surface area contributed by atoms with E-state index in [1.54, 1.807) is 34.6 Å². The molecule has 0 aliphatic carbocycles. The third-order valence-electron chi connectivity index (χ3n) is 10.8. The van der Waals surface area contributed by atoms with Crippen molar-refractivity contribution in [3.05, 3.63) is 107 Å².